The maximum absolute atomic E-state index is 12.5. The van der Waals surface area contributed by atoms with Crippen LogP contribution >= 0.6 is 0 Å². The molecule has 0 N–H and O–H groups in total. The van der Waals surface area contributed by atoms with Crippen LogP contribution < -0.4 is 0 Å². The molecule has 3 aliphatic heterocycles. The second-order valence-electron chi connectivity index (χ2n) is 9.81. The van der Waals surface area contributed by atoms with Crippen LogP contribution in [0, 0.1) is 0 Å². The molecule has 0 radical (unpaired) electrons. The number of hydrogen-bond acceptors (Lipinski definition) is 5. The van der Waals surface area contributed by atoms with Crippen molar-refractivity contribution in [1.82, 2.24) is 9.80 Å². The van der Waals surface area contributed by atoms with Crippen LogP contribution in [0.2, 0.25) is 0 Å². The largest absolute Gasteiger partial charge is 0.491 e. The lowest BCUT2D eigenvalue weighted by molar-refractivity contribution is -0.00277. The van der Waals surface area contributed by atoms with E-state index in [1.807, 2.05) is 25.7 Å². The summed E-state index contributed by atoms with van der Waals surface area (Å²) in [6, 6.07) is 0.305. The van der Waals surface area contributed by atoms with Gasteiger partial charge in [-0.15, -0.1) is 0 Å². The van der Waals surface area contributed by atoms with Gasteiger partial charge in [-0.25, -0.2) is 4.79 Å². The lowest BCUT2D eigenvalue weighted by Crippen LogP contribution is -2.57. The fourth-order valence-corrected chi connectivity index (χ4v) is 3.67. The fraction of sp³-hybridized carbons (Fsp3) is 0.842. The highest BCUT2D eigenvalue weighted by molar-refractivity contribution is 6.55. The highest BCUT2D eigenvalue weighted by Crippen LogP contribution is 2.40. The summed E-state index contributed by atoms with van der Waals surface area (Å²) in [6.07, 6.45) is 1.98. The van der Waals surface area contributed by atoms with Gasteiger partial charge in [0, 0.05) is 31.7 Å². The number of nitrogens with zero attached hydrogens (tertiary/aromatic N) is 2. The average Bonchev–Trinajstić information content (AvgIpc) is 2.94. The van der Waals surface area contributed by atoms with Crippen molar-refractivity contribution in [2.75, 3.05) is 19.6 Å². The molecule has 2 saturated heterocycles. The SMILES string of the molecule is C[C@@H]1CN2CC(B3OC(C)(C)C(C)(C)O3)=C[C@H]2CN1C(=O)OC(C)(C)C. The minimum atomic E-state index is -0.479. The molecule has 0 aliphatic carbocycles. The van der Waals surface area contributed by atoms with Crippen LogP contribution in [0.1, 0.15) is 55.4 Å². The lowest BCUT2D eigenvalue weighted by Gasteiger charge is -2.42. The summed E-state index contributed by atoms with van der Waals surface area (Å²) in [4.78, 5) is 16.8. The molecule has 0 saturated carbocycles. The van der Waals surface area contributed by atoms with Crippen molar-refractivity contribution in [3.63, 3.8) is 0 Å². The lowest BCUT2D eigenvalue weighted by atomic mass is 9.78. The Morgan fingerprint density at radius 3 is 2.31 bits per heavy atom. The van der Waals surface area contributed by atoms with E-state index < -0.39 is 5.60 Å². The van der Waals surface area contributed by atoms with E-state index in [1.54, 1.807) is 0 Å². The van der Waals surface area contributed by atoms with Crippen molar-refractivity contribution < 1.29 is 18.8 Å². The van der Waals surface area contributed by atoms with Gasteiger partial charge in [0.25, 0.3) is 0 Å². The number of carbonyl (C=O) groups excluding carboxylic acids is 1. The summed E-state index contributed by atoms with van der Waals surface area (Å²) in [6.45, 7) is 18.4. The highest BCUT2D eigenvalue weighted by atomic mass is 16.7. The first-order valence-corrected chi connectivity index (χ1v) is 9.59. The normalized spacial score (nSPS) is 31.0. The van der Waals surface area contributed by atoms with E-state index in [2.05, 4.69) is 45.6 Å². The molecule has 0 aromatic carbocycles. The third kappa shape index (κ3) is 3.66. The van der Waals surface area contributed by atoms with Crippen LogP contribution in [0.25, 0.3) is 0 Å². The number of piperazine rings is 1. The van der Waals surface area contributed by atoms with Crippen LogP contribution in [0.5, 0.6) is 0 Å². The maximum atomic E-state index is 12.5. The summed E-state index contributed by atoms with van der Waals surface area (Å²) in [7, 11) is -0.309. The molecule has 0 spiro atoms. The minimum Gasteiger partial charge on any atom is -0.444 e. The molecule has 0 aromatic heterocycles. The molecule has 0 bridgehead atoms. The standard InChI is InChI=1S/C19H33BN2O4/c1-13-10-21-11-14(20-25-18(5,6)19(7,8)26-20)9-15(21)12-22(13)16(23)24-17(2,3)4/h9,13,15H,10-12H2,1-8H3/t13-,15+/m1/s1. The van der Waals surface area contributed by atoms with Gasteiger partial charge in [-0.3, -0.25) is 4.90 Å². The summed E-state index contributed by atoms with van der Waals surface area (Å²) in [5, 5.41) is 0. The number of rotatable bonds is 1. The molecule has 3 heterocycles. The van der Waals surface area contributed by atoms with Crippen molar-refractivity contribution in [3.8, 4) is 0 Å². The Labute approximate surface area is 158 Å². The minimum absolute atomic E-state index is 0.118. The third-order valence-electron chi connectivity index (χ3n) is 5.86. The van der Waals surface area contributed by atoms with Gasteiger partial charge in [-0.2, -0.15) is 0 Å². The molecule has 0 aromatic rings. The number of ether oxygens (including phenoxy) is 1. The van der Waals surface area contributed by atoms with E-state index in [0.717, 1.165) is 18.6 Å². The van der Waals surface area contributed by atoms with E-state index in [1.165, 1.54) is 0 Å². The quantitative estimate of drug-likeness (QED) is 0.670. The molecular formula is C19H33BN2O4. The number of carbonyl (C=O) groups is 1. The first-order chi connectivity index (χ1) is 11.8. The molecule has 2 fully saturated rings. The molecule has 26 heavy (non-hydrogen) atoms. The molecule has 7 heteroatoms. The van der Waals surface area contributed by atoms with E-state index in [0.29, 0.717) is 6.54 Å². The van der Waals surface area contributed by atoms with Gasteiger partial charge in [0.05, 0.1) is 11.2 Å². The van der Waals surface area contributed by atoms with Crippen molar-refractivity contribution >= 4 is 13.2 Å². The van der Waals surface area contributed by atoms with Crippen LogP contribution in [0.15, 0.2) is 11.5 Å². The zero-order valence-corrected chi connectivity index (χ0v) is 17.5. The van der Waals surface area contributed by atoms with Gasteiger partial charge in [0.2, 0.25) is 0 Å². The number of fused-ring (bicyclic) bond motifs is 1. The fourth-order valence-electron chi connectivity index (χ4n) is 3.67. The smallest absolute Gasteiger partial charge is 0.444 e. The summed E-state index contributed by atoms with van der Waals surface area (Å²) in [5.74, 6) is 0. The highest BCUT2D eigenvalue weighted by Gasteiger charge is 2.54. The molecule has 2 atom stereocenters. The Morgan fingerprint density at radius 1 is 1.19 bits per heavy atom. The van der Waals surface area contributed by atoms with Crippen LogP contribution in [-0.2, 0) is 14.0 Å². The van der Waals surface area contributed by atoms with Gasteiger partial charge >= 0.3 is 13.2 Å². The Kier molecular flexibility index (Phi) is 4.73. The molecule has 0 unspecified atom stereocenters. The Morgan fingerprint density at radius 2 is 1.77 bits per heavy atom. The maximum Gasteiger partial charge on any atom is 0.491 e. The van der Waals surface area contributed by atoms with Crippen LogP contribution in [0.4, 0.5) is 4.79 Å². The first kappa shape index (κ1) is 19.7. The summed E-state index contributed by atoms with van der Waals surface area (Å²) >= 11 is 0. The van der Waals surface area contributed by atoms with Gasteiger partial charge in [-0.05, 0) is 60.9 Å². The van der Waals surface area contributed by atoms with Gasteiger partial charge in [0.1, 0.15) is 5.60 Å². The second kappa shape index (κ2) is 6.25. The zero-order chi connectivity index (χ0) is 19.5. The van der Waals surface area contributed by atoms with Crippen molar-refractivity contribution in [2.24, 2.45) is 0 Å². The predicted octanol–water partition coefficient (Wildman–Crippen LogP) is 2.87. The van der Waals surface area contributed by atoms with Crippen molar-refractivity contribution in [2.45, 2.75) is 84.3 Å². The Hall–Kier alpha value is -1.05. The molecule has 3 aliphatic rings. The van der Waals surface area contributed by atoms with E-state index in [9.17, 15) is 4.79 Å². The summed E-state index contributed by atoms with van der Waals surface area (Å²) in [5.41, 5.74) is 0.00856. The van der Waals surface area contributed by atoms with Crippen molar-refractivity contribution in [3.05, 3.63) is 11.5 Å². The van der Waals surface area contributed by atoms with E-state index in [4.69, 9.17) is 14.0 Å². The topological polar surface area (TPSA) is 51.2 Å². The molecular weight excluding hydrogens is 331 g/mol. The zero-order valence-electron chi connectivity index (χ0n) is 17.5. The number of amides is 1. The third-order valence-corrected chi connectivity index (χ3v) is 5.86. The first-order valence-electron chi connectivity index (χ1n) is 9.59. The molecule has 3 rings (SSSR count). The Bertz CT molecular complexity index is 595. The number of hydrogen-bond donors (Lipinski definition) is 0. The average molecular weight is 364 g/mol. The van der Waals surface area contributed by atoms with Crippen LogP contribution in [0.3, 0.4) is 0 Å². The molecule has 1 amide bonds. The van der Waals surface area contributed by atoms with Crippen LogP contribution in [-0.4, -0.2) is 71.5 Å². The Balaban J connectivity index is 1.70. The summed E-state index contributed by atoms with van der Waals surface area (Å²) < 4.78 is 18.0. The second-order valence-corrected chi connectivity index (χ2v) is 9.81. The van der Waals surface area contributed by atoms with Gasteiger partial charge < -0.3 is 18.9 Å². The monoisotopic (exact) mass is 364 g/mol. The van der Waals surface area contributed by atoms with Gasteiger partial charge in [-0.1, -0.05) is 6.08 Å². The van der Waals surface area contributed by atoms with Crippen molar-refractivity contribution in [1.29, 1.82) is 0 Å². The van der Waals surface area contributed by atoms with Gasteiger partial charge in [0.15, 0.2) is 0 Å². The predicted molar refractivity (Wildman–Crippen MR) is 102 cm³/mol. The van der Waals surface area contributed by atoms with E-state index in [-0.39, 0.29) is 36.5 Å². The van der Waals surface area contributed by atoms with E-state index >= 15 is 0 Å². The molecule has 6 nitrogen and oxygen atoms in total. The molecule has 146 valence electrons.